The van der Waals surface area contributed by atoms with E-state index in [0.717, 1.165) is 43.9 Å². The Morgan fingerprint density at radius 3 is 2.66 bits per heavy atom. The average molecular weight is 399 g/mol. The number of ether oxygens (including phenoxy) is 2. The molecule has 1 heterocycles. The molecule has 0 radical (unpaired) electrons. The van der Waals surface area contributed by atoms with Crippen molar-refractivity contribution >= 4 is 5.84 Å². The number of hydrogen-bond donors (Lipinski definition) is 1. The van der Waals surface area contributed by atoms with Gasteiger partial charge in [0.05, 0.1) is 17.7 Å². The van der Waals surface area contributed by atoms with Crippen molar-refractivity contribution in [3.05, 3.63) is 60.7 Å². The molecule has 1 aromatic carbocycles. The van der Waals surface area contributed by atoms with Gasteiger partial charge >= 0.3 is 0 Å². The van der Waals surface area contributed by atoms with E-state index in [1.54, 1.807) is 0 Å². The molecule has 0 aliphatic carbocycles. The maximum Gasteiger partial charge on any atom is 0.124 e. The first kappa shape index (κ1) is 23.4. The summed E-state index contributed by atoms with van der Waals surface area (Å²) in [4.78, 5) is 5.02. The minimum Gasteiger partial charge on any atom is -0.382 e. The van der Waals surface area contributed by atoms with Gasteiger partial charge in [0.15, 0.2) is 0 Å². The van der Waals surface area contributed by atoms with Gasteiger partial charge in [0.2, 0.25) is 0 Å². The second-order valence-electron chi connectivity index (χ2n) is 8.07. The lowest BCUT2D eigenvalue weighted by molar-refractivity contribution is 0.0395. The Labute approximate surface area is 177 Å². The fraction of sp³-hybridized carbons (Fsp3) is 0.560. The Morgan fingerprint density at radius 2 is 2.03 bits per heavy atom. The van der Waals surface area contributed by atoms with E-state index in [2.05, 4.69) is 63.5 Å². The van der Waals surface area contributed by atoms with Crippen molar-refractivity contribution in [3.8, 4) is 0 Å². The summed E-state index contributed by atoms with van der Waals surface area (Å²) in [5.41, 5.74) is 2.00. The van der Waals surface area contributed by atoms with Crippen molar-refractivity contribution in [2.75, 3.05) is 19.8 Å². The average Bonchev–Trinajstić information content (AvgIpc) is 3.09. The molecule has 0 aromatic heterocycles. The first-order valence-corrected chi connectivity index (χ1v) is 10.8. The Morgan fingerprint density at radius 1 is 1.31 bits per heavy atom. The molecule has 4 atom stereocenters. The minimum absolute atomic E-state index is 0.0330. The van der Waals surface area contributed by atoms with E-state index in [0.29, 0.717) is 12.5 Å². The Kier molecular flexibility index (Phi) is 9.12. The minimum atomic E-state index is -0.328. The number of amidine groups is 1. The SMILES string of the molecule is C=CC(C)CC(=C)[C@H]1N=C(COC(CC)CCOCC)N[C@@]1(C)c1ccccc1. The molecule has 0 amide bonds. The van der Waals surface area contributed by atoms with Crippen molar-refractivity contribution < 1.29 is 9.47 Å². The molecule has 2 unspecified atom stereocenters. The first-order valence-electron chi connectivity index (χ1n) is 10.8. The zero-order chi connectivity index (χ0) is 21.3. The highest BCUT2D eigenvalue weighted by Crippen LogP contribution is 2.36. The van der Waals surface area contributed by atoms with Gasteiger partial charge in [-0.05, 0) is 50.2 Å². The van der Waals surface area contributed by atoms with Gasteiger partial charge in [0.25, 0.3) is 0 Å². The molecule has 0 bridgehead atoms. The summed E-state index contributed by atoms with van der Waals surface area (Å²) >= 11 is 0. The van der Waals surface area contributed by atoms with Crippen molar-refractivity contribution in [2.24, 2.45) is 10.9 Å². The standard InChI is InChI=1S/C25H38N2O2/c1-7-19(4)17-20(5)24-25(6,21-13-11-10-12-14-21)27-23(26-24)18-29-22(8-2)15-16-28-9-3/h7,10-14,19,22,24H,1,5,8-9,15-18H2,2-4,6H3,(H,26,27)/t19?,22?,24-,25+/m1/s1. The third kappa shape index (κ3) is 6.28. The lowest BCUT2D eigenvalue weighted by Crippen LogP contribution is -2.46. The highest BCUT2D eigenvalue weighted by atomic mass is 16.5. The third-order valence-corrected chi connectivity index (χ3v) is 5.68. The van der Waals surface area contributed by atoms with Crippen LogP contribution in [0.15, 0.2) is 60.1 Å². The number of benzene rings is 1. The molecule has 0 spiro atoms. The molecule has 1 N–H and O–H groups in total. The number of nitrogens with one attached hydrogen (secondary N) is 1. The monoisotopic (exact) mass is 398 g/mol. The van der Waals surface area contributed by atoms with Crippen LogP contribution in [-0.2, 0) is 15.0 Å². The quantitative estimate of drug-likeness (QED) is 0.364. The molecular weight excluding hydrogens is 360 g/mol. The second kappa shape index (κ2) is 11.3. The van der Waals surface area contributed by atoms with E-state index in [4.69, 9.17) is 14.5 Å². The van der Waals surface area contributed by atoms with Gasteiger partial charge < -0.3 is 14.8 Å². The highest BCUT2D eigenvalue weighted by Gasteiger charge is 2.42. The maximum absolute atomic E-state index is 6.16. The molecule has 0 saturated heterocycles. The molecule has 160 valence electrons. The van der Waals surface area contributed by atoms with Gasteiger partial charge in [-0.25, -0.2) is 0 Å². The number of hydrogen-bond acceptors (Lipinski definition) is 4. The van der Waals surface area contributed by atoms with E-state index in [1.807, 2.05) is 19.1 Å². The summed E-state index contributed by atoms with van der Waals surface area (Å²) in [5, 5.41) is 3.66. The van der Waals surface area contributed by atoms with Gasteiger partial charge in [-0.3, -0.25) is 4.99 Å². The zero-order valence-corrected chi connectivity index (χ0v) is 18.6. The summed E-state index contributed by atoms with van der Waals surface area (Å²) < 4.78 is 11.6. The number of allylic oxidation sites excluding steroid dienone is 1. The van der Waals surface area contributed by atoms with Crippen LogP contribution >= 0.6 is 0 Å². The van der Waals surface area contributed by atoms with Crippen LogP contribution < -0.4 is 5.32 Å². The summed E-state index contributed by atoms with van der Waals surface area (Å²) in [6.07, 6.45) is 4.90. The van der Waals surface area contributed by atoms with E-state index in [1.165, 1.54) is 5.56 Å². The maximum atomic E-state index is 6.16. The summed E-state index contributed by atoms with van der Waals surface area (Å²) in [6, 6.07) is 10.5. The Balaban J connectivity index is 2.13. The molecule has 1 aromatic rings. The summed E-state index contributed by atoms with van der Waals surface area (Å²) in [7, 11) is 0. The lowest BCUT2D eigenvalue weighted by atomic mass is 9.80. The van der Waals surface area contributed by atoms with Gasteiger partial charge in [0, 0.05) is 13.2 Å². The predicted molar refractivity (Wildman–Crippen MR) is 122 cm³/mol. The molecule has 1 aliphatic heterocycles. The van der Waals surface area contributed by atoms with Crippen molar-refractivity contribution in [2.45, 2.75) is 64.6 Å². The van der Waals surface area contributed by atoms with Crippen LogP contribution in [-0.4, -0.2) is 37.8 Å². The van der Waals surface area contributed by atoms with Gasteiger partial charge in [-0.1, -0.05) is 56.8 Å². The first-order chi connectivity index (χ1) is 13.9. The molecule has 4 heteroatoms. The van der Waals surface area contributed by atoms with Crippen molar-refractivity contribution in [1.82, 2.24) is 5.32 Å². The molecule has 1 aliphatic rings. The summed E-state index contributed by atoms with van der Waals surface area (Å²) in [6.45, 7) is 18.8. The smallest absolute Gasteiger partial charge is 0.124 e. The molecule has 0 saturated carbocycles. The van der Waals surface area contributed by atoms with E-state index in [9.17, 15) is 0 Å². The van der Waals surface area contributed by atoms with Gasteiger partial charge in [0.1, 0.15) is 12.4 Å². The summed E-state index contributed by atoms with van der Waals surface area (Å²) in [5.74, 6) is 1.27. The molecule has 2 rings (SSSR count). The van der Waals surface area contributed by atoms with E-state index >= 15 is 0 Å². The molecule has 4 nitrogen and oxygen atoms in total. The van der Waals surface area contributed by atoms with Crippen LogP contribution in [0, 0.1) is 5.92 Å². The van der Waals surface area contributed by atoms with Crippen LogP contribution in [0.2, 0.25) is 0 Å². The second-order valence-corrected chi connectivity index (χ2v) is 8.07. The van der Waals surface area contributed by atoms with Gasteiger partial charge in [-0.2, -0.15) is 0 Å². The topological polar surface area (TPSA) is 42.9 Å². The van der Waals surface area contributed by atoms with Crippen LogP contribution in [0.4, 0.5) is 0 Å². The molecular formula is C25H38N2O2. The van der Waals surface area contributed by atoms with E-state index in [-0.39, 0.29) is 17.7 Å². The van der Waals surface area contributed by atoms with Gasteiger partial charge in [-0.15, -0.1) is 6.58 Å². The largest absolute Gasteiger partial charge is 0.382 e. The fourth-order valence-electron chi connectivity index (χ4n) is 3.84. The third-order valence-electron chi connectivity index (χ3n) is 5.68. The van der Waals surface area contributed by atoms with Crippen LogP contribution in [0.3, 0.4) is 0 Å². The van der Waals surface area contributed by atoms with Crippen LogP contribution in [0.5, 0.6) is 0 Å². The number of aliphatic imine (C=N–C) groups is 1. The fourth-order valence-corrected chi connectivity index (χ4v) is 3.84. The Bertz CT molecular complexity index is 685. The molecule has 0 fully saturated rings. The number of rotatable bonds is 13. The normalized spacial score (nSPS) is 23.2. The number of nitrogens with zero attached hydrogens (tertiary/aromatic N) is 1. The molecule has 29 heavy (non-hydrogen) atoms. The predicted octanol–water partition coefficient (Wildman–Crippen LogP) is 5.26. The van der Waals surface area contributed by atoms with Crippen LogP contribution in [0.1, 0.15) is 52.5 Å². The van der Waals surface area contributed by atoms with Crippen molar-refractivity contribution in [1.29, 1.82) is 0 Å². The Hall–Kier alpha value is -1.91. The zero-order valence-electron chi connectivity index (χ0n) is 18.6. The van der Waals surface area contributed by atoms with Crippen LogP contribution in [0.25, 0.3) is 0 Å². The van der Waals surface area contributed by atoms with Crippen molar-refractivity contribution in [3.63, 3.8) is 0 Å². The van der Waals surface area contributed by atoms with E-state index < -0.39 is 0 Å². The lowest BCUT2D eigenvalue weighted by Gasteiger charge is -2.33. The highest BCUT2D eigenvalue weighted by molar-refractivity contribution is 5.87.